The van der Waals surface area contributed by atoms with Gasteiger partial charge >= 0.3 is 0 Å². The Kier molecular flexibility index (Phi) is 6.94. The average Bonchev–Trinajstić information content (AvgIpc) is 3.16. The third-order valence-corrected chi connectivity index (χ3v) is 7.76. The first-order valence-corrected chi connectivity index (χ1v) is 14.2. The van der Waals surface area contributed by atoms with E-state index in [1.165, 1.54) is 29.3 Å². The molecule has 5 rings (SSSR count). The van der Waals surface area contributed by atoms with Gasteiger partial charge in [-0.05, 0) is 82.5 Å². The van der Waals surface area contributed by atoms with E-state index in [-0.39, 0.29) is 27.5 Å². The van der Waals surface area contributed by atoms with Gasteiger partial charge in [0.2, 0.25) is 10.0 Å². The van der Waals surface area contributed by atoms with Crippen molar-refractivity contribution in [1.82, 2.24) is 0 Å². The van der Waals surface area contributed by atoms with Crippen molar-refractivity contribution in [3.8, 4) is 0 Å². The zero-order valence-corrected chi connectivity index (χ0v) is 23.0. The molecule has 0 saturated heterocycles. The third-order valence-electron chi connectivity index (χ3n) is 6.65. The molecule has 1 aliphatic heterocycles. The predicted molar refractivity (Wildman–Crippen MR) is 159 cm³/mol. The zero-order valence-electron chi connectivity index (χ0n) is 21.4. The van der Waals surface area contributed by atoms with E-state index in [9.17, 15) is 13.2 Å². The van der Waals surface area contributed by atoms with Gasteiger partial charge < -0.3 is 10.6 Å². The Hall–Kier alpha value is -4.12. The van der Waals surface area contributed by atoms with E-state index in [2.05, 4.69) is 25.0 Å². The van der Waals surface area contributed by atoms with Gasteiger partial charge in [-0.25, -0.2) is 18.6 Å². The van der Waals surface area contributed by atoms with Crippen LogP contribution in [0.5, 0.6) is 0 Å². The smallest absolute Gasteiger partial charge is 0.279 e. The minimum Gasteiger partial charge on any atom is -0.374 e. The first-order valence-electron chi connectivity index (χ1n) is 12.3. The zero-order chi connectivity index (χ0) is 27.9. The summed E-state index contributed by atoms with van der Waals surface area (Å²) >= 11 is 5.25. The Bertz CT molecular complexity index is 1750. The average molecular weight is 558 g/mol. The van der Waals surface area contributed by atoms with Gasteiger partial charge in [-0.1, -0.05) is 56.3 Å². The van der Waals surface area contributed by atoms with Crippen molar-refractivity contribution in [3.05, 3.63) is 102 Å². The molecule has 4 N–H and O–H groups in total. The summed E-state index contributed by atoms with van der Waals surface area (Å²) in [5.74, 6) is -0.0555. The SMILES string of the molecule is CC(C)c1ccc2c(c1)/C(=N/N(C(N)=S)c1ccc(S(N)(=O)=O)cc1)C(=O)N2Cc1ccc2ccccc2c1. The first-order chi connectivity index (χ1) is 18.5. The number of nitrogens with zero attached hydrogens (tertiary/aromatic N) is 3. The number of primary sulfonamides is 1. The van der Waals surface area contributed by atoms with E-state index in [1.54, 1.807) is 4.90 Å². The van der Waals surface area contributed by atoms with Gasteiger partial charge in [0.05, 0.1) is 22.8 Å². The number of anilines is 2. The second-order valence-corrected chi connectivity index (χ2v) is 11.6. The number of nitrogens with two attached hydrogens (primary N) is 2. The van der Waals surface area contributed by atoms with Crippen molar-refractivity contribution in [1.29, 1.82) is 0 Å². The number of carbonyl (C=O) groups excluding carboxylic acids is 1. The summed E-state index contributed by atoms with van der Waals surface area (Å²) in [6.07, 6.45) is 0. The minimum atomic E-state index is -3.88. The van der Waals surface area contributed by atoms with E-state index in [1.807, 2.05) is 54.6 Å². The van der Waals surface area contributed by atoms with E-state index in [4.69, 9.17) is 23.1 Å². The molecule has 1 aliphatic rings. The van der Waals surface area contributed by atoms with Crippen molar-refractivity contribution in [2.45, 2.75) is 31.2 Å². The molecule has 0 aromatic heterocycles. The molecule has 0 bridgehead atoms. The van der Waals surface area contributed by atoms with E-state index in [0.29, 0.717) is 17.8 Å². The Balaban J connectivity index is 1.58. The molecule has 1 heterocycles. The molecular formula is C29H27N5O3S2. The molecule has 0 unspecified atom stereocenters. The fourth-order valence-corrected chi connectivity index (χ4v) is 5.24. The number of carbonyl (C=O) groups is 1. The van der Waals surface area contributed by atoms with Crippen LogP contribution >= 0.6 is 12.2 Å². The lowest BCUT2D eigenvalue weighted by molar-refractivity contribution is -0.112. The van der Waals surface area contributed by atoms with Crippen molar-refractivity contribution in [3.63, 3.8) is 0 Å². The number of hydrazone groups is 1. The maximum Gasteiger partial charge on any atom is 0.279 e. The molecule has 0 radical (unpaired) electrons. The van der Waals surface area contributed by atoms with Gasteiger partial charge in [-0.2, -0.15) is 5.10 Å². The molecule has 0 saturated carbocycles. The van der Waals surface area contributed by atoms with Crippen LogP contribution in [0, 0.1) is 0 Å². The van der Waals surface area contributed by atoms with Crippen LogP contribution in [0.4, 0.5) is 11.4 Å². The van der Waals surface area contributed by atoms with Gasteiger partial charge in [0.15, 0.2) is 10.8 Å². The quantitative estimate of drug-likeness (QED) is 0.264. The number of hydrogen-bond acceptors (Lipinski definition) is 5. The van der Waals surface area contributed by atoms with E-state index >= 15 is 0 Å². The van der Waals surface area contributed by atoms with Crippen molar-refractivity contribution < 1.29 is 13.2 Å². The molecule has 1 amide bonds. The molecule has 0 atom stereocenters. The third kappa shape index (κ3) is 5.26. The summed E-state index contributed by atoms with van der Waals surface area (Å²) in [6.45, 7) is 4.51. The molecule has 39 heavy (non-hydrogen) atoms. The lowest BCUT2D eigenvalue weighted by Gasteiger charge is -2.19. The number of sulfonamides is 1. The number of benzene rings is 4. The van der Waals surface area contributed by atoms with Crippen LogP contribution in [0.2, 0.25) is 0 Å². The summed E-state index contributed by atoms with van der Waals surface area (Å²) < 4.78 is 23.4. The Morgan fingerprint density at radius 1 is 0.974 bits per heavy atom. The molecule has 4 aromatic carbocycles. The van der Waals surface area contributed by atoms with Crippen LogP contribution in [0.15, 0.2) is 94.9 Å². The van der Waals surface area contributed by atoms with Crippen LogP contribution in [0.3, 0.4) is 0 Å². The molecule has 0 fully saturated rings. The fraction of sp³-hybridized carbons (Fsp3) is 0.138. The number of rotatable bonds is 6. The van der Waals surface area contributed by atoms with Crippen molar-refractivity contribution in [2.75, 3.05) is 9.91 Å². The first kappa shape index (κ1) is 26.5. The lowest BCUT2D eigenvalue weighted by Crippen LogP contribution is -2.35. The number of amides is 1. The van der Waals surface area contributed by atoms with Gasteiger partial charge in [0, 0.05) is 5.56 Å². The van der Waals surface area contributed by atoms with Crippen LogP contribution in [-0.4, -0.2) is 25.1 Å². The van der Waals surface area contributed by atoms with Crippen LogP contribution in [-0.2, 0) is 21.4 Å². The van der Waals surface area contributed by atoms with E-state index in [0.717, 1.165) is 27.6 Å². The van der Waals surface area contributed by atoms with E-state index < -0.39 is 10.0 Å². The standard InChI is InChI=1S/C29H27N5O3S2/c1-18(2)21-9-14-26-25(16-21)27(32-34(29(30)38)23-10-12-24(13-11-23)39(31,36)37)28(35)33(26)17-19-7-8-20-5-3-4-6-22(20)15-19/h3-16,18H,17H2,1-2H3,(H2,30,38)(H2,31,36,37)/b32-27-. The van der Waals surface area contributed by atoms with Gasteiger partial charge in [-0.3, -0.25) is 4.79 Å². The summed E-state index contributed by atoms with van der Waals surface area (Å²) in [7, 11) is -3.88. The van der Waals surface area contributed by atoms with Crippen LogP contribution in [0.25, 0.3) is 10.8 Å². The highest BCUT2D eigenvalue weighted by Gasteiger charge is 2.35. The van der Waals surface area contributed by atoms with Gasteiger partial charge in [-0.15, -0.1) is 0 Å². The molecular weight excluding hydrogens is 530 g/mol. The molecule has 8 nitrogen and oxygen atoms in total. The normalized spacial score (nSPS) is 14.3. The number of fused-ring (bicyclic) bond motifs is 2. The summed E-state index contributed by atoms with van der Waals surface area (Å²) in [5, 5.41) is 13.2. The number of hydrogen-bond donors (Lipinski definition) is 2. The monoisotopic (exact) mass is 557 g/mol. The van der Waals surface area contributed by atoms with Crippen molar-refractivity contribution in [2.24, 2.45) is 16.0 Å². The topological polar surface area (TPSA) is 122 Å². The number of thiocarbonyl (C=S) groups is 1. The lowest BCUT2D eigenvalue weighted by atomic mass is 9.99. The fourth-order valence-electron chi connectivity index (χ4n) is 4.57. The highest BCUT2D eigenvalue weighted by molar-refractivity contribution is 7.89. The summed E-state index contributed by atoms with van der Waals surface area (Å²) in [5.41, 5.74) is 10.0. The minimum absolute atomic E-state index is 0.0628. The second-order valence-electron chi connectivity index (χ2n) is 9.64. The summed E-state index contributed by atoms with van der Waals surface area (Å²) in [6, 6.07) is 25.8. The molecule has 4 aromatic rings. The van der Waals surface area contributed by atoms with Crippen LogP contribution < -0.4 is 20.8 Å². The second kappa shape index (κ2) is 10.2. The molecule has 10 heteroatoms. The summed E-state index contributed by atoms with van der Waals surface area (Å²) in [4.78, 5) is 15.5. The largest absolute Gasteiger partial charge is 0.374 e. The molecule has 0 spiro atoms. The maximum atomic E-state index is 13.9. The Morgan fingerprint density at radius 3 is 2.31 bits per heavy atom. The maximum absolute atomic E-state index is 13.9. The van der Waals surface area contributed by atoms with Crippen molar-refractivity contribution >= 4 is 61.1 Å². The Labute approximate surface area is 232 Å². The molecule has 198 valence electrons. The Morgan fingerprint density at radius 2 is 1.67 bits per heavy atom. The van der Waals surface area contributed by atoms with Crippen LogP contribution in [0.1, 0.15) is 36.5 Å². The predicted octanol–water partition coefficient (Wildman–Crippen LogP) is 4.61. The highest BCUT2D eigenvalue weighted by Crippen LogP contribution is 2.34. The highest BCUT2D eigenvalue weighted by atomic mass is 32.2. The van der Waals surface area contributed by atoms with Gasteiger partial charge in [0.1, 0.15) is 0 Å². The molecule has 0 aliphatic carbocycles. The van der Waals surface area contributed by atoms with Gasteiger partial charge in [0.25, 0.3) is 5.91 Å².